The molecule has 1 heteroatoms. The van der Waals surface area contributed by atoms with Crippen molar-refractivity contribution in [3.8, 4) is 0 Å². The zero-order valence-corrected chi connectivity index (χ0v) is 24.6. The van der Waals surface area contributed by atoms with E-state index in [4.69, 9.17) is 0 Å². The maximum atomic E-state index is 12.3. The fraction of sp³-hybridized carbons (Fsp3) is 0.743. The van der Waals surface area contributed by atoms with Gasteiger partial charge < -0.3 is 0 Å². The van der Waals surface area contributed by atoms with Gasteiger partial charge in [-0.2, -0.15) is 0 Å². The third-order valence-corrected chi connectivity index (χ3v) is 7.75. The summed E-state index contributed by atoms with van der Waals surface area (Å²) >= 11 is 0. The minimum atomic E-state index is 0.946. The second kappa shape index (κ2) is 24.0. The molecule has 0 saturated heterocycles. The van der Waals surface area contributed by atoms with E-state index in [9.17, 15) is 4.79 Å². The molecule has 1 aromatic carbocycles. The minimum absolute atomic E-state index is 0.946. The van der Waals surface area contributed by atoms with E-state index in [2.05, 4.69) is 45.0 Å². The van der Waals surface area contributed by atoms with Crippen molar-refractivity contribution in [3.05, 3.63) is 41.0 Å². The lowest BCUT2D eigenvalue weighted by atomic mass is 9.88. The minimum Gasteiger partial charge on any atom is -0.298 e. The van der Waals surface area contributed by atoms with Crippen LogP contribution in [0.4, 0.5) is 0 Å². The lowest BCUT2D eigenvalue weighted by Gasteiger charge is -2.17. The summed E-state index contributed by atoms with van der Waals surface area (Å²) < 4.78 is 0. The first-order chi connectivity index (χ1) is 17.8. The largest absolute Gasteiger partial charge is 0.298 e. The van der Waals surface area contributed by atoms with Gasteiger partial charge in [-0.1, -0.05) is 154 Å². The number of aldehydes is 1. The molecule has 0 atom stereocenters. The average Bonchev–Trinajstić information content (AvgIpc) is 2.90. The van der Waals surface area contributed by atoms with Gasteiger partial charge in [0.15, 0.2) is 0 Å². The van der Waals surface area contributed by atoms with Crippen LogP contribution in [0.1, 0.15) is 173 Å². The van der Waals surface area contributed by atoms with E-state index in [1.807, 2.05) is 0 Å². The second-order valence-corrected chi connectivity index (χ2v) is 11.0. The Balaban J connectivity index is 2.76. The van der Waals surface area contributed by atoms with Gasteiger partial charge >= 0.3 is 0 Å². The molecule has 0 amide bonds. The molecule has 0 unspecified atom stereocenters. The summed E-state index contributed by atoms with van der Waals surface area (Å²) in [4.78, 5) is 12.3. The van der Waals surface area contributed by atoms with Crippen LogP contribution in [0.5, 0.6) is 0 Å². The second-order valence-electron chi connectivity index (χ2n) is 11.0. The molecular formula is C35H60O. The zero-order chi connectivity index (χ0) is 26.1. The van der Waals surface area contributed by atoms with Crippen LogP contribution in [0.3, 0.4) is 0 Å². The Morgan fingerprint density at radius 3 is 1.56 bits per heavy atom. The summed E-state index contributed by atoms with van der Waals surface area (Å²) in [6.45, 7) is 6.83. The van der Waals surface area contributed by atoms with Crippen LogP contribution in [0.2, 0.25) is 0 Å². The standard InChI is InChI=1S/C35H60O/c1-4-7-10-13-15-17-19-22-26-32-27-24-25-30-34(32)35(33(31-36)28-21-12-9-6-3)29-23-20-18-16-14-11-8-5-2/h24-25,27,30-31H,4-23,26,28-29H2,1-3H3. The summed E-state index contributed by atoms with van der Waals surface area (Å²) in [6, 6.07) is 9.00. The van der Waals surface area contributed by atoms with Crippen LogP contribution in [0.15, 0.2) is 29.8 Å². The van der Waals surface area contributed by atoms with Crippen LogP contribution in [-0.2, 0) is 11.2 Å². The highest BCUT2D eigenvalue weighted by molar-refractivity contribution is 5.88. The quantitative estimate of drug-likeness (QED) is 0.0747. The first-order valence-electron chi connectivity index (χ1n) is 16.0. The molecule has 0 bridgehead atoms. The molecule has 0 aliphatic rings. The van der Waals surface area contributed by atoms with Crippen LogP contribution >= 0.6 is 0 Å². The Hall–Kier alpha value is -1.37. The van der Waals surface area contributed by atoms with E-state index >= 15 is 0 Å². The lowest BCUT2D eigenvalue weighted by Crippen LogP contribution is -2.00. The first kappa shape index (κ1) is 32.7. The van der Waals surface area contributed by atoms with E-state index in [-0.39, 0.29) is 0 Å². The van der Waals surface area contributed by atoms with Gasteiger partial charge in [0.05, 0.1) is 0 Å². The van der Waals surface area contributed by atoms with Crippen LogP contribution < -0.4 is 0 Å². The summed E-state index contributed by atoms with van der Waals surface area (Å²) in [5.41, 5.74) is 5.28. The van der Waals surface area contributed by atoms with Gasteiger partial charge in [-0.15, -0.1) is 0 Å². The molecular weight excluding hydrogens is 436 g/mol. The summed E-state index contributed by atoms with van der Waals surface area (Å²) in [5.74, 6) is 0. The van der Waals surface area contributed by atoms with Gasteiger partial charge in [0.25, 0.3) is 0 Å². The van der Waals surface area contributed by atoms with E-state index in [1.54, 1.807) is 0 Å². The number of rotatable bonds is 25. The molecule has 1 nitrogen and oxygen atoms in total. The molecule has 0 spiro atoms. The van der Waals surface area contributed by atoms with Crippen LogP contribution in [-0.4, -0.2) is 6.29 Å². The fourth-order valence-corrected chi connectivity index (χ4v) is 5.41. The van der Waals surface area contributed by atoms with Gasteiger partial charge in [-0.05, 0) is 60.8 Å². The van der Waals surface area contributed by atoms with E-state index in [1.165, 1.54) is 145 Å². The number of hydrogen-bond donors (Lipinski definition) is 0. The van der Waals surface area contributed by atoms with Crippen molar-refractivity contribution in [3.63, 3.8) is 0 Å². The maximum absolute atomic E-state index is 12.3. The first-order valence-corrected chi connectivity index (χ1v) is 16.0. The Bertz CT molecular complexity index is 671. The Kier molecular flexibility index (Phi) is 21.8. The van der Waals surface area contributed by atoms with Crippen molar-refractivity contribution >= 4 is 11.9 Å². The van der Waals surface area contributed by atoms with Crippen molar-refractivity contribution in [2.45, 2.75) is 168 Å². The van der Waals surface area contributed by atoms with Crippen molar-refractivity contribution in [2.75, 3.05) is 0 Å². The lowest BCUT2D eigenvalue weighted by molar-refractivity contribution is -0.105. The van der Waals surface area contributed by atoms with Crippen molar-refractivity contribution in [2.24, 2.45) is 0 Å². The molecule has 206 valence electrons. The molecule has 1 rings (SSSR count). The summed E-state index contributed by atoms with van der Waals surface area (Å²) in [7, 11) is 0. The smallest absolute Gasteiger partial charge is 0.146 e. The molecule has 0 aliphatic carbocycles. The zero-order valence-electron chi connectivity index (χ0n) is 24.6. The van der Waals surface area contributed by atoms with Gasteiger partial charge in [0, 0.05) is 0 Å². The predicted octanol–water partition coefficient (Wildman–Crippen LogP) is 11.8. The Morgan fingerprint density at radius 1 is 0.556 bits per heavy atom. The van der Waals surface area contributed by atoms with Gasteiger partial charge in [0.1, 0.15) is 6.29 Å². The molecule has 1 aromatic rings. The van der Waals surface area contributed by atoms with Gasteiger partial charge in [-0.3, -0.25) is 4.79 Å². The van der Waals surface area contributed by atoms with Crippen molar-refractivity contribution < 1.29 is 4.79 Å². The van der Waals surface area contributed by atoms with Crippen molar-refractivity contribution in [1.82, 2.24) is 0 Å². The number of carbonyl (C=O) groups excluding carboxylic acids is 1. The predicted molar refractivity (Wildman–Crippen MR) is 162 cm³/mol. The van der Waals surface area contributed by atoms with E-state index < -0.39 is 0 Å². The molecule has 0 N–H and O–H groups in total. The SMILES string of the molecule is CCCCCCCCCCC(=C(C=O)CCCCCC)c1ccccc1CCCCCCCCCC. The number of benzene rings is 1. The molecule has 0 heterocycles. The highest BCUT2D eigenvalue weighted by Gasteiger charge is 2.13. The van der Waals surface area contributed by atoms with Crippen molar-refractivity contribution in [1.29, 1.82) is 0 Å². The number of aryl methyl sites for hydroxylation is 1. The molecule has 0 aliphatic heterocycles. The highest BCUT2D eigenvalue weighted by atomic mass is 16.1. The van der Waals surface area contributed by atoms with Crippen LogP contribution in [0.25, 0.3) is 5.57 Å². The van der Waals surface area contributed by atoms with E-state index in [0.29, 0.717) is 0 Å². The number of allylic oxidation sites excluding steroid dienone is 2. The Morgan fingerprint density at radius 2 is 1.00 bits per heavy atom. The Labute approximate surface area is 225 Å². The maximum Gasteiger partial charge on any atom is 0.146 e. The average molecular weight is 497 g/mol. The number of carbonyl (C=O) groups is 1. The number of hydrogen-bond acceptors (Lipinski definition) is 1. The molecule has 0 fully saturated rings. The fourth-order valence-electron chi connectivity index (χ4n) is 5.41. The summed E-state index contributed by atoms with van der Waals surface area (Å²) in [5, 5.41) is 0. The third kappa shape index (κ3) is 15.7. The highest BCUT2D eigenvalue weighted by Crippen LogP contribution is 2.31. The molecule has 0 aromatic heterocycles. The topological polar surface area (TPSA) is 17.1 Å². The third-order valence-electron chi connectivity index (χ3n) is 7.75. The molecule has 0 radical (unpaired) electrons. The van der Waals surface area contributed by atoms with Crippen LogP contribution in [0, 0.1) is 0 Å². The van der Waals surface area contributed by atoms with Gasteiger partial charge in [-0.25, -0.2) is 0 Å². The summed E-state index contributed by atoms with van der Waals surface area (Å²) in [6.07, 6.45) is 30.8. The molecule has 0 saturated carbocycles. The molecule has 36 heavy (non-hydrogen) atoms. The normalized spacial score (nSPS) is 12.1. The van der Waals surface area contributed by atoms with Gasteiger partial charge in [0.2, 0.25) is 0 Å². The van der Waals surface area contributed by atoms with E-state index in [0.717, 1.165) is 31.3 Å². The monoisotopic (exact) mass is 496 g/mol. The number of unbranched alkanes of at least 4 members (excludes halogenated alkanes) is 17.